The van der Waals surface area contributed by atoms with E-state index in [4.69, 9.17) is 5.26 Å². The monoisotopic (exact) mass is 439 g/mol. The zero-order chi connectivity index (χ0) is 21.9. The summed E-state index contributed by atoms with van der Waals surface area (Å²) in [5.41, 5.74) is 0.686. The molecule has 0 atom stereocenters. The topological polar surface area (TPSA) is 90.7 Å². The molecule has 0 radical (unpaired) electrons. The number of alkyl halides is 3. The highest BCUT2D eigenvalue weighted by Gasteiger charge is 2.32. The molecule has 0 aliphatic carbocycles. The van der Waals surface area contributed by atoms with Crippen LogP contribution < -0.4 is 4.74 Å². The van der Waals surface area contributed by atoms with Crippen LogP contribution in [0.1, 0.15) is 15.9 Å². The standard InChI is InChI=1S/C19H16F3N3O4S/c20-19(21,22)29-16-4-6-17(7-5-16)30(27,28)25-10-8-24(9-11-25)18(26)15-3-1-2-14(12-15)13-23/h1-7,12H,8-11H2. The van der Waals surface area contributed by atoms with Crippen molar-refractivity contribution in [2.24, 2.45) is 0 Å². The van der Waals surface area contributed by atoms with Gasteiger partial charge in [0.2, 0.25) is 10.0 Å². The van der Waals surface area contributed by atoms with Gasteiger partial charge in [-0.3, -0.25) is 4.79 Å². The van der Waals surface area contributed by atoms with Gasteiger partial charge < -0.3 is 9.64 Å². The van der Waals surface area contributed by atoms with E-state index in [0.717, 1.165) is 24.3 Å². The Kier molecular flexibility index (Phi) is 6.00. The number of rotatable bonds is 4. The van der Waals surface area contributed by atoms with Gasteiger partial charge in [-0.25, -0.2) is 8.42 Å². The smallest absolute Gasteiger partial charge is 0.406 e. The van der Waals surface area contributed by atoms with E-state index in [1.807, 2.05) is 6.07 Å². The van der Waals surface area contributed by atoms with Crippen molar-refractivity contribution in [2.75, 3.05) is 26.2 Å². The van der Waals surface area contributed by atoms with Crippen molar-refractivity contribution in [2.45, 2.75) is 11.3 Å². The number of benzene rings is 2. The minimum Gasteiger partial charge on any atom is -0.406 e. The van der Waals surface area contributed by atoms with Gasteiger partial charge in [0.25, 0.3) is 5.91 Å². The van der Waals surface area contributed by atoms with Crippen LogP contribution >= 0.6 is 0 Å². The van der Waals surface area contributed by atoms with Gasteiger partial charge in [-0.2, -0.15) is 9.57 Å². The van der Waals surface area contributed by atoms with Crippen LogP contribution in [-0.4, -0.2) is 56.1 Å². The molecule has 11 heteroatoms. The minimum absolute atomic E-state index is 0.0345. The summed E-state index contributed by atoms with van der Waals surface area (Å²) >= 11 is 0. The van der Waals surface area contributed by atoms with Crippen molar-refractivity contribution < 1.29 is 31.1 Å². The van der Waals surface area contributed by atoms with Crippen LogP contribution in [0.5, 0.6) is 5.75 Å². The summed E-state index contributed by atoms with van der Waals surface area (Å²) in [6, 6.07) is 12.1. The maximum absolute atomic E-state index is 12.7. The van der Waals surface area contributed by atoms with E-state index in [1.54, 1.807) is 18.2 Å². The maximum atomic E-state index is 12.7. The van der Waals surface area contributed by atoms with Crippen molar-refractivity contribution >= 4 is 15.9 Å². The lowest BCUT2D eigenvalue weighted by atomic mass is 10.1. The molecule has 1 amide bonds. The molecule has 0 unspecified atom stereocenters. The average molecular weight is 439 g/mol. The van der Waals surface area contributed by atoms with Gasteiger partial charge >= 0.3 is 6.36 Å². The highest BCUT2D eigenvalue weighted by atomic mass is 32.2. The average Bonchev–Trinajstić information content (AvgIpc) is 2.72. The van der Waals surface area contributed by atoms with Gasteiger partial charge in [-0.1, -0.05) is 6.07 Å². The molecule has 0 bridgehead atoms. The van der Waals surface area contributed by atoms with Crippen LogP contribution in [0.2, 0.25) is 0 Å². The lowest BCUT2D eigenvalue weighted by Crippen LogP contribution is -2.50. The summed E-state index contributed by atoms with van der Waals surface area (Å²) in [4.78, 5) is 13.9. The Morgan fingerprint density at radius 3 is 2.23 bits per heavy atom. The molecule has 2 aromatic rings. The Bertz CT molecular complexity index is 1070. The number of hydrogen-bond acceptors (Lipinski definition) is 5. The Balaban J connectivity index is 1.66. The van der Waals surface area contributed by atoms with Crippen LogP contribution in [0.15, 0.2) is 53.4 Å². The summed E-state index contributed by atoms with van der Waals surface area (Å²) in [5, 5.41) is 8.95. The molecule has 1 saturated heterocycles. The van der Waals surface area contributed by atoms with Gasteiger partial charge in [-0.05, 0) is 42.5 Å². The van der Waals surface area contributed by atoms with E-state index >= 15 is 0 Å². The van der Waals surface area contributed by atoms with Crippen molar-refractivity contribution in [3.63, 3.8) is 0 Å². The molecule has 3 rings (SSSR count). The SMILES string of the molecule is N#Cc1cccc(C(=O)N2CCN(S(=O)(=O)c3ccc(OC(F)(F)F)cc3)CC2)c1. The Labute approximate surface area is 170 Å². The first-order valence-corrected chi connectivity index (χ1v) is 10.2. The number of piperazine rings is 1. The second-order valence-electron chi connectivity index (χ2n) is 6.41. The molecule has 1 aliphatic rings. The van der Waals surface area contributed by atoms with Crippen LogP contribution in [0, 0.1) is 11.3 Å². The van der Waals surface area contributed by atoms with Crippen LogP contribution in [0.3, 0.4) is 0 Å². The van der Waals surface area contributed by atoms with E-state index in [9.17, 15) is 26.4 Å². The summed E-state index contributed by atoms with van der Waals surface area (Å²) in [7, 11) is -3.93. The van der Waals surface area contributed by atoms with E-state index in [0.29, 0.717) is 11.1 Å². The Morgan fingerprint density at radius 2 is 1.67 bits per heavy atom. The molecular weight excluding hydrogens is 423 g/mol. The zero-order valence-corrected chi connectivity index (χ0v) is 16.3. The predicted molar refractivity (Wildman–Crippen MR) is 98.9 cm³/mol. The number of carbonyl (C=O) groups is 1. The summed E-state index contributed by atoms with van der Waals surface area (Å²) in [5.74, 6) is -0.825. The number of carbonyl (C=O) groups excluding carboxylic acids is 1. The highest BCUT2D eigenvalue weighted by Crippen LogP contribution is 2.25. The quantitative estimate of drug-likeness (QED) is 0.731. The molecule has 30 heavy (non-hydrogen) atoms. The maximum Gasteiger partial charge on any atom is 0.573 e. The largest absolute Gasteiger partial charge is 0.573 e. The molecule has 0 N–H and O–H groups in total. The summed E-state index contributed by atoms with van der Waals surface area (Å²) < 4.78 is 67.1. The van der Waals surface area contributed by atoms with Crippen molar-refractivity contribution in [3.05, 3.63) is 59.7 Å². The zero-order valence-electron chi connectivity index (χ0n) is 15.5. The van der Waals surface area contributed by atoms with Gasteiger partial charge in [0, 0.05) is 31.7 Å². The van der Waals surface area contributed by atoms with E-state index < -0.39 is 22.1 Å². The number of ether oxygens (including phenoxy) is 1. The number of sulfonamides is 1. The molecule has 0 aromatic heterocycles. The summed E-state index contributed by atoms with van der Waals surface area (Å²) in [6.07, 6.45) is -4.87. The molecule has 0 saturated carbocycles. The number of nitriles is 1. The first-order valence-electron chi connectivity index (χ1n) is 8.75. The van der Waals surface area contributed by atoms with Crippen LogP contribution in [0.4, 0.5) is 13.2 Å². The number of amides is 1. The first-order chi connectivity index (χ1) is 14.1. The third-order valence-corrected chi connectivity index (χ3v) is 6.37. The van der Waals surface area contributed by atoms with Gasteiger partial charge in [0.1, 0.15) is 5.75 Å². The molecule has 0 spiro atoms. The first kappa shape index (κ1) is 21.6. The van der Waals surface area contributed by atoms with Crippen molar-refractivity contribution in [1.82, 2.24) is 9.21 Å². The molecule has 1 aliphatic heterocycles. The van der Waals surface area contributed by atoms with Crippen molar-refractivity contribution in [3.8, 4) is 11.8 Å². The Hall–Kier alpha value is -3.10. The van der Waals surface area contributed by atoms with E-state index in [1.165, 1.54) is 15.3 Å². The summed E-state index contributed by atoms with van der Waals surface area (Å²) in [6.45, 7) is 0.355. The molecule has 1 heterocycles. The van der Waals surface area contributed by atoms with Crippen LogP contribution in [0.25, 0.3) is 0 Å². The predicted octanol–water partition coefficient (Wildman–Crippen LogP) is 2.60. The number of nitrogens with zero attached hydrogens (tertiary/aromatic N) is 3. The second kappa shape index (κ2) is 8.33. The number of hydrogen-bond donors (Lipinski definition) is 0. The molecule has 1 fully saturated rings. The molecule has 7 nitrogen and oxygen atoms in total. The molecule has 2 aromatic carbocycles. The fourth-order valence-corrected chi connectivity index (χ4v) is 4.42. The van der Waals surface area contributed by atoms with Gasteiger partial charge in [0.05, 0.1) is 16.5 Å². The molecular formula is C19H16F3N3O4S. The Morgan fingerprint density at radius 1 is 1.03 bits per heavy atom. The van der Waals surface area contributed by atoms with Crippen LogP contribution in [-0.2, 0) is 10.0 Å². The lowest BCUT2D eigenvalue weighted by Gasteiger charge is -2.34. The van der Waals surface area contributed by atoms with E-state index in [-0.39, 0.29) is 37.0 Å². The fraction of sp³-hybridized carbons (Fsp3) is 0.263. The normalized spacial score (nSPS) is 15.5. The third kappa shape index (κ3) is 4.90. The highest BCUT2D eigenvalue weighted by molar-refractivity contribution is 7.89. The minimum atomic E-state index is -4.87. The fourth-order valence-electron chi connectivity index (χ4n) is 3.00. The lowest BCUT2D eigenvalue weighted by molar-refractivity contribution is -0.274. The van der Waals surface area contributed by atoms with Crippen molar-refractivity contribution in [1.29, 1.82) is 5.26 Å². The third-order valence-electron chi connectivity index (χ3n) is 4.46. The van der Waals surface area contributed by atoms with Gasteiger partial charge in [-0.15, -0.1) is 13.2 Å². The number of halogens is 3. The molecule has 158 valence electrons. The second-order valence-corrected chi connectivity index (χ2v) is 8.35. The van der Waals surface area contributed by atoms with Gasteiger partial charge in [0.15, 0.2) is 0 Å². The van der Waals surface area contributed by atoms with E-state index in [2.05, 4.69) is 4.74 Å².